The summed E-state index contributed by atoms with van der Waals surface area (Å²) >= 11 is 0. The number of benzene rings is 1. The predicted octanol–water partition coefficient (Wildman–Crippen LogP) is 2.18. The zero-order chi connectivity index (χ0) is 13.1. The van der Waals surface area contributed by atoms with Crippen LogP contribution in [0, 0.1) is 13.8 Å². The molecular weight excluding hydrogens is 224 g/mol. The first-order valence-electron chi connectivity index (χ1n) is 6.29. The number of hydrogen-bond acceptors (Lipinski definition) is 2. The Hall–Kier alpha value is -1.61. The van der Waals surface area contributed by atoms with Crippen LogP contribution in [0.2, 0.25) is 0 Å². The van der Waals surface area contributed by atoms with Crippen LogP contribution in [-0.2, 0) is 19.9 Å². The van der Waals surface area contributed by atoms with E-state index in [1.54, 1.807) is 0 Å². The Morgan fingerprint density at radius 2 is 1.83 bits per heavy atom. The second-order valence-electron chi connectivity index (χ2n) is 4.82. The van der Waals surface area contributed by atoms with Gasteiger partial charge in [-0.3, -0.25) is 4.68 Å². The lowest BCUT2D eigenvalue weighted by Gasteiger charge is -2.11. The summed E-state index contributed by atoms with van der Waals surface area (Å²) in [5.41, 5.74) is 4.49. The molecule has 0 saturated heterocycles. The van der Waals surface area contributed by atoms with Crippen molar-refractivity contribution in [3.8, 4) is 0 Å². The number of rotatable bonds is 4. The summed E-state index contributed by atoms with van der Waals surface area (Å²) in [7, 11) is 1.94. The molecule has 0 radical (unpaired) electrons. The second kappa shape index (κ2) is 5.36. The Bertz CT molecular complexity index is 517. The van der Waals surface area contributed by atoms with Gasteiger partial charge in [-0.2, -0.15) is 5.10 Å². The maximum absolute atomic E-state index is 10.2. The molecule has 0 fully saturated rings. The van der Waals surface area contributed by atoms with Crippen LogP contribution >= 0.6 is 0 Å². The third-order valence-corrected chi connectivity index (χ3v) is 3.41. The van der Waals surface area contributed by atoms with Crippen LogP contribution in [0.5, 0.6) is 0 Å². The summed E-state index contributed by atoms with van der Waals surface area (Å²) in [6.45, 7) is 4.04. The van der Waals surface area contributed by atoms with Gasteiger partial charge in [0.05, 0.1) is 11.8 Å². The molecule has 2 aromatic rings. The minimum absolute atomic E-state index is 0.353. The van der Waals surface area contributed by atoms with Crippen LogP contribution in [0.4, 0.5) is 0 Å². The van der Waals surface area contributed by atoms with E-state index in [-0.39, 0.29) is 6.10 Å². The molecule has 1 N–H and O–H groups in total. The van der Waals surface area contributed by atoms with Crippen molar-refractivity contribution in [1.82, 2.24) is 9.78 Å². The zero-order valence-electron chi connectivity index (χ0n) is 11.2. The maximum Gasteiger partial charge on any atom is 0.0629 e. The van der Waals surface area contributed by atoms with Gasteiger partial charge in [0.1, 0.15) is 0 Å². The Balaban J connectivity index is 2.05. The molecule has 0 aliphatic heterocycles. The molecule has 18 heavy (non-hydrogen) atoms. The fourth-order valence-electron chi connectivity index (χ4n) is 2.31. The van der Waals surface area contributed by atoms with Crippen molar-refractivity contribution in [2.45, 2.75) is 32.8 Å². The fourth-order valence-corrected chi connectivity index (χ4v) is 2.31. The van der Waals surface area contributed by atoms with Crippen molar-refractivity contribution >= 4 is 0 Å². The normalized spacial score (nSPS) is 12.7. The van der Waals surface area contributed by atoms with E-state index in [1.165, 1.54) is 11.1 Å². The number of aromatic nitrogens is 2. The highest BCUT2D eigenvalue weighted by molar-refractivity contribution is 5.25. The van der Waals surface area contributed by atoms with E-state index in [2.05, 4.69) is 5.10 Å². The van der Waals surface area contributed by atoms with E-state index >= 15 is 0 Å². The molecule has 96 valence electrons. The van der Waals surface area contributed by atoms with Crippen molar-refractivity contribution in [2.75, 3.05) is 0 Å². The molecule has 0 amide bonds. The first kappa shape index (κ1) is 12.8. The number of aryl methyl sites for hydroxylation is 2. The standard InChI is InChI=1S/C15H20N2O/c1-11-15(12(2)17(3)16-11)10-14(18)9-13-7-5-4-6-8-13/h4-8,14,18H,9-10H2,1-3H3. The largest absolute Gasteiger partial charge is 0.392 e. The highest BCUT2D eigenvalue weighted by Crippen LogP contribution is 2.16. The minimum atomic E-state index is -0.353. The lowest BCUT2D eigenvalue weighted by Crippen LogP contribution is -2.15. The summed E-state index contributed by atoms with van der Waals surface area (Å²) in [5, 5.41) is 14.6. The molecule has 3 nitrogen and oxygen atoms in total. The lowest BCUT2D eigenvalue weighted by molar-refractivity contribution is 0.175. The lowest BCUT2D eigenvalue weighted by atomic mass is 10.0. The zero-order valence-corrected chi connectivity index (χ0v) is 11.2. The van der Waals surface area contributed by atoms with E-state index in [0.29, 0.717) is 12.8 Å². The molecule has 1 unspecified atom stereocenters. The van der Waals surface area contributed by atoms with Crippen LogP contribution in [0.25, 0.3) is 0 Å². The topological polar surface area (TPSA) is 38.0 Å². The smallest absolute Gasteiger partial charge is 0.0629 e. The summed E-state index contributed by atoms with van der Waals surface area (Å²) in [6.07, 6.45) is 1.00. The molecule has 2 rings (SSSR count). The van der Waals surface area contributed by atoms with Gasteiger partial charge >= 0.3 is 0 Å². The molecule has 1 aromatic carbocycles. The third-order valence-electron chi connectivity index (χ3n) is 3.41. The third kappa shape index (κ3) is 2.79. The first-order valence-corrected chi connectivity index (χ1v) is 6.29. The molecule has 0 bridgehead atoms. The maximum atomic E-state index is 10.2. The molecule has 0 saturated carbocycles. The van der Waals surface area contributed by atoms with Crippen LogP contribution in [0.15, 0.2) is 30.3 Å². The van der Waals surface area contributed by atoms with Crippen molar-refractivity contribution in [2.24, 2.45) is 7.05 Å². The van der Waals surface area contributed by atoms with Gasteiger partial charge in [0, 0.05) is 19.2 Å². The summed E-state index contributed by atoms with van der Waals surface area (Å²) < 4.78 is 1.87. The second-order valence-corrected chi connectivity index (χ2v) is 4.82. The van der Waals surface area contributed by atoms with Crippen molar-refractivity contribution in [3.63, 3.8) is 0 Å². The molecule has 0 aliphatic rings. The summed E-state index contributed by atoms with van der Waals surface area (Å²) in [4.78, 5) is 0. The number of nitrogens with zero attached hydrogens (tertiary/aromatic N) is 2. The number of aliphatic hydroxyl groups is 1. The van der Waals surface area contributed by atoms with Crippen molar-refractivity contribution in [3.05, 3.63) is 52.8 Å². The number of aliphatic hydroxyl groups excluding tert-OH is 1. The summed E-state index contributed by atoms with van der Waals surface area (Å²) in [6, 6.07) is 10.1. The highest BCUT2D eigenvalue weighted by atomic mass is 16.3. The van der Waals surface area contributed by atoms with Crippen LogP contribution in [0.3, 0.4) is 0 Å². The molecular formula is C15H20N2O. The molecule has 1 heterocycles. The van der Waals surface area contributed by atoms with E-state index in [4.69, 9.17) is 0 Å². The average molecular weight is 244 g/mol. The Kier molecular flexibility index (Phi) is 3.82. The first-order chi connectivity index (χ1) is 8.58. The van der Waals surface area contributed by atoms with Gasteiger partial charge in [0.15, 0.2) is 0 Å². The van der Waals surface area contributed by atoms with Gasteiger partial charge in [-0.1, -0.05) is 30.3 Å². The fraction of sp³-hybridized carbons (Fsp3) is 0.400. The average Bonchev–Trinajstić information content (AvgIpc) is 2.57. The van der Waals surface area contributed by atoms with Gasteiger partial charge < -0.3 is 5.11 Å². The van der Waals surface area contributed by atoms with Gasteiger partial charge in [-0.25, -0.2) is 0 Å². The highest BCUT2D eigenvalue weighted by Gasteiger charge is 2.14. The van der Waals surface area contributed by atoms with Crippen molar-refractivity contribution < 1.29 is 5.11 Å². The SMILES string of the molecule is Cc1nn(C)c(C)c1CC(O)Cc1ccccc1. The van der Waals surface area contributed by atoms with Crippen LogP contribution in [-0.4, -0.2) is 21.0 Å². The Morgan fingerprint density at radius 3 is 2.39 bits per heavy atom. The molecule has 1 atom stereocenters. The predicted molar refractivity (Wildman–Crippen MR) is 72.5 cm³/mol. The van der Waals surface area contributed by atoms with E-state index in [0.717, 1.165) is 11.4 Å². The van der Waals surface area contributed by atoms with Gasteiger partial charge in [0.25, 0.3) is 0 Å². The van der Waals surface area contributed by atoms with Crippen molar-refractivity contribution in [1.29, 1.82) is 0 Å². The minimum Gasteiger partial charge on any atom is -0.392 e. The van der Waals surface area contributed by atoms with E-state index in [1.807, 2.05) is 55.9 Å². The van der Waals surface area contributed by atoms with Gasteiger partial charge in [-0.15, -0.1) is 0 Å². The summed E-state index contributed by atoms with van der Waals surface area (Å²) in [5.74, 6) is 0. The quantitative estimate of drug-likeness (QED) is 0.895. The number of hydrogen-bond donors (Lipinski definition) is 1. The molecule has 1 aromatic heterocycles. The van der Waals surface area contributed by atoms with E-state index < -0.39 is 0 Å². The van der Waals surface area contributed by atoms with Crippen LogP contribution in [0.1, 0.15) is 22.5 Å². The van der Waals surface area contributed by atoms with E-state index in [9.17, 15) is 5.11 Å². The monoisotopic (exact) mass is 244 g/mol. The molecule has 3 heteroatoms. The van der Waals surface area contributed by atoms with Gasteiger partial charge in [0.2, 0.25) is 0 Å². The van der Waals surface area contributed by atoms with Gasteiger partial charge in [-0.05, 0) is 31.4 Å². The Labute approximate surface area is 108 Å². The Morgan fingerprint density at radius 1 is 1.17 bits per heavy atom. The molecule has 0 aliphatic carbocycles. The van der Waals surface area contributed by atoms with Crippen LogP contribution < -0.4 is 0 Å². The molecule has 0 spiro atoms.